The number of ketones is 1. The van der Waals surface area contributed by atoms with Crippen molar-refractivity contribution in [1.29, 1.82) is 0 Å². The number of esters is 1. The minimum absolute atomic E-state index is 0.00798. The van der Waals surface area contributed by atoms with Crippen LogP contribution in [-0.4, -0.2) is 78.8 Å². The average Bonchev–Trinajstić information content (AvgIpc) is 3.41. The smallest absolute Gasteiger partial charge is 0.310 e. The minimum Gasteiger partial charge on any atom is -0.481 e. The topological polar surface area (TPSA) is 149 Å². The van der Waals surface area contributed by atoms with Gasteiger partial charge in [0.15, 0.2) is 11.5 Å². The predicted molar refractivity (Wildman–Crippen MR) is 197 cm³/mol. The molecule has 2 saturated heterocycles. The van der Waals surface area contributed by atoms with Gasteiger partial charge in [0.2, 0.25) is 17.7 Å². The number of Topliss-reactive ketones (excluding diaryl/α,β-unsaturated/α-hetero) is 1. The summed E-state index contributed by atoms with van der Waals surface area (Å²) in [5.41, 5.74) is -0.0717. The summed E-state index contributed by atoms with van der Waals surface area (Å²) in [5.74, 6) is -7.55. The van der Waals surface area contributed by atoms with Crippen molar-refractivity contribution in [1.82, 2.24) is 19.9 Å². The van der Waals surface area contributed by atoms with Gasteiger partial charge in [-0.25, -0.2) is 23.7 Å². The summed E-state index contributed by atoms with van der Waals surface area (Å²) in [6.07, 6.45) is -1.37. The van der Waals surface area contributed by atoms with Gasteiger partial charge >= 0.3 is 11.9 Å². The molecule has 0 bridgehead atoms. The largest absolute Gasteiger partial charge is 0.481 e. The van der Waals surface area contributed by atoms with Gasteiger partial charge in [-0.15, -0.1) is 11.3 Å². The highest BCUT2D eigenvalue weighted by molar-refractivity contribution is 7.21. The number of carboxylic acid groups (broad SMARTS) is 1. The Labute approximate surface area is 315 Å². The maximum atomic E-state index is 15.1. The van der Waals surface area contributed by atoms with Crippen molar-refractivity contribution < 1.29 is 42.5 Å². The van der Waals surface area contributed by atoms with E-state index in [4.69, 9.17) is 24.4 Å². The molecule has 3 aliphatic rings. The van der Waals surface area contributed by atoms with Gasteiger partial charge in [0.1, 0.15) is 16.7 Å². The zero-order valence-electron chi connectivity index (χ0n) is 30.6. The van der Waals surface area contributed by atoms with Crippen molar-refractivity contribution in [3.63, 3.8) is 0 Å². The van der Waals surface area contributed by atoms with Gasteiger partial charge < -0.3 is 19.5 Å². The third kappa shape index (κ3) is 8.08. The number of carbonyl (C=O) groups is 4. The van der Waals surface area contributed by atoms with Crippen molar-refractivity contribution in [2.24, 2.45) is 17.3 Å². The fraction of sp³-hybridized carbons (Fsp3) is 0.525. The second-order valence-electron chi connectivity index (χ2n) is 16.0. The van der Waals surface area contributed by atoms with Crippen LogP contribution in [0.25, 0.3) is 32.0 Å². The Bertz CT molecular complexity index is 2070. The van der Waals surface area contributed by atoms with Gasteiger partial charge in [0.05, 0.1) is 45.7 Å². The van der Waals surface area contributed by atoms with Gasteiger partial charge in [-0.2, -0.15) is 0 Å². The van der Waals surface area contributed by atoms with Crippen LogP contribution in [0.5, 0.6) is 5.88 Å². The van der Waals surface area contributed by atoms with E-state index in [1.807, 2.05) is 42.5 Å². The quantitative estimate of drug-likeness (QED) is 0.194. The van der Waals surface area contributed by atoms with Crippen LogP contribution in [0.3, 0.4) is 0 Å². The fourth-order valence-corrected chi connectivity index (χ4v) is 8.89. The summed E-state index contributed by atoms with van der Waals surface area (Å²) in [5, 5.41) is 10.8. The van der Waals surface area contributed by atoms with Crippen molar-refractivity contribution in [3.8, 4) is 16.6 Å². The zero-order chi connectivity index (χ0) is 38.4. The van der Waals surface area contributed by atoms with E-state index in [0.717, 1.165) is 10.2 Å². The summed E-state index contributed by atoms with van der Waals surface area (Å²) in [4.78, 5) is 70.3. The van der Waals surface area contributed by atoms with E-state index in [2.05, 4.69) is 0 Å². The molecule has 11 nitrogen and oxygen atoms in total. The lowest BCUT2D eigenvalue weighted by Crippen LogP contribution is -2.45. The molecule has 4 heterocycles. The number of para-hydroxylation sites is 3. The lowest BCUT2D eigenvalue weighted by Gasteiger charge is -2.29. The van der Waals surface area contributed by atoms with Crippen LogP contribution in [0.1, 0.15) is 85.0 Å². The Hall–Kier alpha value is -4.59. The first-order chi connectivity index (χ1) is 25.6. The Morgan fingerprint density at radius 3 is 2.37 bits per heavy atom. The first-order valence-electron chi connectivity index (χ1n) is 18.6. The molecule has 0 radical (unpaired) electrons. The highest BCUT2D eigenvalue weighted by Crippen LogP contribution is 2.60. The van der Waals surface area contributed by atoms with Crippen molar-refractivity contribution in [2.75, 3.05) is 6.54 Å². The van der Waals surface area contributed by atoms with Crippen LogP contribution in [0.15, 0.2) is 48.5 Å². The molecule has 7 rings (SSSR count). The molecule has 0 unspecified atom stereocenters. The molecular formula is C40H44F2N4O7S. The number of fused-ring (bicyclic) bond motifs is 4. The molecular weight excluding hydrogens is 719 g/mol. The third-order valence-corrected chi connectivity index (χ3v) is 11.7. The predicted octanol–water partition coefficient (Wildman–Crippen LogP) is 7.64. The Morgan fingerprint density at radius 2 is 1.67 bits per heavy atom. The van der Waals surface area contributed by atoms with E-state index in [0.29, 0.717) is 34.6 Å². The van der Waals surface area contributed by atoms with Gasteiger partial charge in [0.25, 0.3) is 0 Å². The van der Waals surface area contributed by atoms with Gasteiger partial charge in [-0.05, 0) is 70.2 Å². The summed E-state index contributed by atoms with van der Waals surface area (Å²) < 4.78 is 43.2. The number of aliphatic carboxylic acids is 1. The molecule has 1 N–H and O–H groups in total. The number of ether oxygens (including phenoxy) is 2. The number of benzene rings is 2. The fourth-order valence-electron chi connectivity index (χ4n) is 7.94. The molecule has 2 aromatic heterocycles. The molecule has 286 valence electrons. The van der Waals surface area contributed by atoms with Crippen LogP contribution < -0.4 is 4.74 Å². The molecule has 14 heteroatoms. The number of alkyl halides is 2. The maximum Gasteiger partial charge on any atom is 0.310 e. The van der Waals surface area contributed by atoms with Crippen LogP contribution in [-0.2, 0) is 23.9 Å². The average molecular weight is 763 g/mol. The van der Waals surface area contributed by atoms with Gasteiger partial charge in [-0.3, -0.25) is 19.2 Å². The highest BCUT2D eigenvalue weighted by Gasteiger charge is 2.64. The Kier molecular flexibility index (Phi) is 10.2. The van der Waals surface area contributed by atoms with Crippen LogP contribution in [0.4, 0.5) is 8.78 Å². The van der Waals surface area contributed by atoms with Crippen LogP contribution >= 0.6 is 11.3 Å². The first-order valence-corrected chi connectivity index (χ1v) is 19.4. The summed E-state index contributed by atoms with van der Waals surface area (Å²) in [6, 6.07) is 13.9. The van der Waals surface area contributed by atoms with Crippen LogP contribution in [0.2, 0.25) is 0 Å². The molecule has 2 aromatic carbocycles. The van der Waals surface area contributed by atoms with Crippen LogP contribution in [0, 0.1) is 17.3 Å². The summed E-state index contributed by atoms with van der Waals surface area (Å²) in [6.45, 7) is 5.13. The van der Waals surface area contributed by atoms with Crippen molar-refractivity contribution in [2.45, 2.75) is 109 Å². The van der Waals surface area contributed by atoms with Crippen molar-refractivity contribution >= 4 is 56.2 Å². The third-order valence-electron chi connectivity index (χ3n) is 10.7. The number of nitrogens with zero attached hydrogens (tertiary/aromatic N) is 4. The molecule has 4 aromatic rings. The van der Waals surface area contributed by atoms with Gasteiger partial charge in [-0.1, -0.05) is 37.1 Å². The molecule has 1 amide bonds. The van der Waals surface area contributed by atoms with E-state index in [9.17, 15) is 24.3 Å². The monoisotopic (exact) mass is 762 g/mol. The second-order valence-corrected chi connectivity index (χ2v) is 17.0. The summed E-state index contributed by atoms with van der Waals surface area (Å²) in [7, 11) is 0. The van der Waals surface area contributed by atoms with Crippen molar-refractivity contribution in [3.05, 3.63) is 48.5 Å². The number of rotatable bonds is 6. The lowest BCUT2D eigenvalue weighted by atomic mass is 9.90. The molecule has 2 aliphatic heterocycles. The van der Waals surface area contributed by atoms with E-state index in [1.165, 1.54) is 16.2 Å². The molecule has 54 heavy (non-hydrogen) atoms. The standard InChI is InChI=1S/C40H44F2N4O7S/c1-38(2,3)53-32(48)17-23-11-5-4-10-16-40(41,42)20-24-19-39(24,37(50)51)21-30(47)29-18-25(22-46(29)36(23)49)52-34-33(43-26-12-6-7-13-27(26)44-34)35-45-28-14-8-9-15-31(28)54-35/h6-9,12-15,23-25,29H,4-5,10-11,16-22H2,1-3H3,(H,50,51)/t23-,24+,25-,29+,39-/m1/s1. The lowest BCUT2D eigenvalue weighted by molar-refractivity contribution is -0.159. The highest BCUT2D eigenvalue weighted by atomic mass is 32.1. The van der Waals surface area contributed by atoms with E-state index in [1.54, 1.807) is 26.8 Å². The minimum atomic E-state index is -3.09. The number of hydrogen-bond acceptors (Lipinski definition) is 10. The Morgan fingerprint density at radius 1 is 0.963 bits per heavy atom. The van der Waals surface area contributed by atoms with Gasteiger partial charge in [0, 0.05) is 31.6 Å². The zero-order valence-corrected chi connectivity index (χ0v) is 31.4. The number of thiazole rings is 1. The molecule has 1 aliphatic carbocycles. The number of carbonyl (C=O) groups excluding carboxylic acids is 3. The number of hydrogen-bond donors (Lipinski definition) is 1. The molecule has 1 saturated carbocycles. The van der Waals surface area contributed by atoms with E-state index < -0.39 is 83.8 Å². The summed E-state index contributed by atoms with van der Waals surface area (Å²) >= 11 is 1.42. The molecule has 0 spiro atoms. The number of aromatic nitrogens is 3. The molecule has 3 fully saturated rings. The normalized spacial score (nSPS) is 26.4. The number of carboxylic acids is 1. The second kappa shape index (κ2) is 14.6. The van der Waals surface area contributed by atoms with E-state index >= 15 is 8.78 Å². The van der Waals surface area contributed by atoms with E-state index in [-0.39, 0.29) is 44.5 Å². The Balaban J connectivity index is 1.23. The maximum absolute atomic E-state index is 15.1. The first kappa shape index (κ1) is 37.7. The SMILES string of the molecule is CC(C)(C)OC(=O)C[C@H]1CCCCCC(F)(F)C[C@@H]2C[C@@]2(C(=O)O)CC(=O)[C@@H]2C[C@@H](Oc3nc4ccccc4nc3-c3nc4ccccc4s3)CN2C1=O. The number of amides is 1. The number of halogens is 2. The molecule has 5 atom stereocenters.